The second kappa shape index (κ2) is 5.24. The van der Waals surface area contributed by atoms with Gasteiger partial charge in [0.25, 0.3) is 5.95 Å². The number of hydrogen-bond acceptors (Lipinski definition) is 6. The van der Waals surface area contributed by atoms with E-state index in [-0.39, 0.29) is 0 Å². The maximum atomic E-state index is 4.55. The minimum absolute atomic E-state index is 0.615. The van der Waals surface area contributed by atoms with Crippen molar-refractivity contribution in [2.75, 3.05) is 11.9 Å². The van der Waals surface area contributed by atoms with Crippen LogP contribution >= 0.6 is 0 Å². The van der Waals surface area contributed by atoms with Crippen LogP contribution in [0.1, 0.15) is 19.8 Å². The molecular formula is C12H16N8. The van der Waals surface area contributed by atoms with Crippen molar-refractivity contribution in [2.24, 2.45) is 7.05 Å². The van der Waals surface area contributed by atoms with E-state index in [2.05, 4.69) is 37.4 Å². The molecule has 3 heterocycles. The van der Waals surface area contributed by atoms with E-state index < -0.39 is 0 Å². The van der Waals surface area contributed by atoms with Crippen molar-refractivity contribution in [2.45, 2.75) is 19.8 Å². The lowest BCUT2D eigenvalue weighted by Gasteiger charge is -2.04. The molecule has 104 valence electrons. The fourth-order valence-corrected chi connectivity index (χ4v) is 2.00. The molecule has 0 spiro atoms. The summed E-state index contributed by atoms with van der Waals surface area (Å²) < 4.78 is 1.85. The number of nitrogens with one attached hydrogen (secondary N) is 1. The number of aromatic nitrogens is 7. The van der Waals surface area contributed by atoms with E-state index in [1.54, 1.807) is 18.7 Å². The van der Waals surface area contributed by atoms with Crippen LogP contribution in [0.4, 0.5) is 5.82 Å². The standard InChI is InChI=1S/C12H16N8/c1-3-4-5-13-10-9-11(15-8-14-10)19(2)12(18-9)20-16-6-7-17-20/h6-8H,3-5H2,1-2H3,(H,13,14,15). The summed E-state index contributed by atoms with van der Waals surface area (Å²) in [6, 6.07) is 0. The van der Waals surface area contributed by atoms with Crippen LogP contribution in [0.25, 0.3) is 17.1 Å². The Hall–Kier alpha value is -2.51. The number of aryl methyl sites for hydroxylation is 1. The third-order valence-corrected chi connectivity index (χ3v) is 3.05. The Labute approximate surface area is 115 Å². The fraction of sp³-hybridized carbons (Fsp3) is 0.417. The van der Waals surface area contributed by atoms with Gasteiger partial charge >= 0.3 is 0 Å². The number of unbranched alkanes of at least 4 members (excludes halogenated alkanes) is 1. The van der Waals surface area contributed by atoms with Crippen molar-refractivity contribution in [1.82, 2.24) is 34.5 Å². The van der Waals surface area contributed by atoms with Crippen molar-refractivity contribution < 1.29 is 0 Å². The molecule has 0 saturated heterocycles. The summed E-state index contributed by atoms with van der Waals surface area (Å²) in [5.41, 5.74) is 1.49. The summed E-state index contributed by atoms with van der Waals surface area (Å²) in [5.74, 6) is 1.36. The molecule has 1 N–H and O–H groups in total. The molecule has 3 aromatic heterocycles. The van der Waals surface area contributed by atoms with Gasteiger partial charge in [-0.2, -0.15) is 10.2 Å². The minimum atomic E-state index is 0.615. The number of imidazole rings is 1. The Morgan fingerprint density at radius 2 is 2.00 bits per heavy atom. The zero-order chi connectivity index (χ0) is 13.9. The van der Waals surface area contributed by atoms with Crippen LogP contribution in [0, 0.1) is 0 Å². The molecule has 0 fully saturated rings. The van der Waals surface area contributed by atoms with Crippen LogP contribution in [0.15, 0.2) is 18.7 Å². The van der Waals surface area contributed by atoms with Crippen molar-refractivity contribution in [1.29, 1.82) is 0 Å². The van der Waals surface area contributed by atoms with Gasteiger partial charge in [-0.05, 0) is 6.42 Å². The smallest absolute Gasteiger partial charge is 0.251 e. The first-order valence-corrected chi connectivity index (χ1v) is 6.59. The van der Waals surface area contributed by atoms with Crippen molar-refractivity contribution in [3.05, 3.63) is 18.7 Å². The van der Waals surface area contributed by atoms with Crippen LogP contribution in [-0.2, 0) is 7.05 Å². The molecule has 0 radical (unpaired) electrons. The normalized spacial score (nSPS) is 11.1. The monoisotopic (exact) mass is 272 g/mol. The summed E-state index contributed by atoms with van der Waals surface area (Å²) >= 11 is 0. The van der Waals surface area contributed by atoms with Gasteiger partial charge < -0.3 is 5.32 Å². The van der Waals surface area contributed by atoms with E-state index in [9.17, 15) is 0 Å². The third kappa shape index (κ3) is 2.09. The molecular weight excluding hydrogens is 256 g/mol. The quantitative estimate of drug-likeness (QED) is 0.701. The number of nitrogens with zero attached hydrogens (tertiary/aromatic N) is 7. The Morgan fingerprint density at radius 1 is 1.20 bits per heavy atom. The van der Waals surface area contributed by atoms with E-state index in [1.165, 1.54) is 4.80 Å². The van der Waals surface area contributed by atoms with E-state index in [1.807, 2.05) is 11.6 Å². The van der Waals surface area contributed by atoms with E-state index in [4.69, 9.17) is 0 Å². The highest BCUT2D eigenvalue weighted by atomic mass is 15.5. The van der Waals surface area contributed by atoms with Crippen LogP contribution < -0.4 is 5.32 Å². The van der Waals surface area contributed by atoms with Gasteiger partial charge in [-0.25, -0.2) is 15.0 Å². The molecule has 0 saturated carbocycles. The van der Waals surface area contributed by atoms with Crippen molar-refractivity contribution in [3.8, 4) is 5.95 Å². The van der Waals surface area contributed by atoms with E-state index in [0.717, 1.165) is 36.4 Å². The van der Waals surface area contributed by atoms with Gasteiger partial charge in [0.2, 0.25) is 0 Å². The number of anilines is 1. The zero-order valence-electron chi connectivity index (χ0n) is 11.5. The molecule has 3 rings (SSSR count). The lowest BCUT2D eigenvalue weighted by Crippen LogP contribution is -2.06. The second-order valence-electron chi connectivity index (χ2n) is 4.46. The lowest BCUT2D eigenvalue weighted by atomic mass is 10.3. The first-order chi connectivity index (χ1) is 9.81. The molecule has 0 aliphatic rings. The molecule has 20 heavy (non-hydrogen) atoms. The zero-order valence-corrected chi connectivity index (χ0v) is 11.5. The summed E-state index contributed by atoms with van der Waals surface area (Å²) in [5, 5.41) is 11.5. The molecule has 0 amide bonds. The number of fused-ring (bicyclic) bond motifs is 1. The highest BCUT2D eigenvalue weighted by molar-refractivity contribution is 5.84. The summed E-state index contributed by atoms with van der Waals surface area (Å²) in [4.78, 5) is 14.6. The first-order valence-electron chi connectivity index (χ1n) is 6.59. The largest absolute Gasteiger partial charge is 0.368 e. The molecule has 8 heteroatoms. The highest BCUT2D eigenvalue weighted by Gasteiger charge is 2.15. The Balaban J connectivity index is 2.04. The predicted octanol–water partition coefficient (Wildman–Crippen LogP) is 1.16. The third-order valence-electron chi connectivity index (χ3n) is 3.05. The van der Waals surface area contributed by atoms with Crippen LogP contribution in [0.2, 0.25) is 0 Å². The Bertz CT molecular complexity index is 700. The van der Waals surface area contributed by atoms with Gasteiger partial charge in [0.15, 0.2) is 17.0 Å². The van der Waals surface area contributed by atoms with Gasteiger partial charge in [-0.1, -0.05) is 13.3 Å². The average Bonchev–Trinajstić information content (AvgIpc) is 3.08. The summed E-state index contributed by atoms with van der Waals surface area (Å²) in [6.45, 7) is 3.02. The van der Waals surface area contributed by atoms with Gasteiger partial charge in [0, 0.05) is 13.6 Å². The Morgan fingerprint density at radius 3 is 2.75 bits per heavy atom. The van der Waals surface area contributed by atoms with E-state index in [0.29, 0.717) is 5.95 Å². The molecule has 8 nitrogen and oxygen atoms in total. The Kier molecular flexibility index (Phi) is 3.28. The van der Waals surface area contributed by atoms with Gasteiger partial charge in [0.1, 0.15) is 6.33 Å². The highest BCUT2D eigenvalue weighted by Crippen LogP contribution is 2.20. The molecule has 3 aromatic rings. The van der Waals surface area contributed by atoms with E-state index >= 15 is 0 Å². The molecule has 0 aliphatic carbocycles. The molecule has 0 aliphatic heterocycles. The molecule has 0 bridgehead atoms. The fourth-order valence-electron chi connectivity index (χ4n) is 2.00. The van der Waals surface area contributed by atoms with Crippen LogP contribution in [0.3, 0.4) is 0 Å². The molecule has 0 atom stereocenters. The van der Waals surface area contributed by atoms with Crippen LogP contribution in [-0.4, -0.2) is 41.1 Å². The number of rotatable bonds is 5. The SMILES string of the molecule is CCCCNc1ncnc2c1nc(-n1nccn1)n2C. The second-order valence-corrected chi connectivity index (χ2v) is 4.46. The number of hydrogen-bond donors (Lipinski definition) is 1. The van der Waals surface area contributed by atoms with Crippen LogP contribution in [0.5, 0.6) is 0 Å². The first kappa shape index (κ1) is 12.5. The van der Waals surface area contributed by atoms with Gasteiger partial charge in [-0.15, -0.1) is 4.80 Å². The average molecular weight is 272 g/mol. The summed E-state index contributed by atoms with van der Waals surface area (Å²) in [7, 11) is 1.89. The lowest BCUT2D eigenvalue weighted by molar-refractivity contribution is 0.674. The van der Waals surface area contributed by atoms with Gasteiger partial charge in [-0.3, -0.25) is 4.57 Å². The molecule has 0 aromatic carbocycles. The van der Waals surface area contributed by atoms with Gasteiger partial charge in [0.05, 0.1) is 12.4 Å². The maximum Gasteiger partial charge on any atom is 0.251 e. The van der Waals surface area contributed by atoms with Crippen molar-refractivity contribution in [3.63, 3.8) is 0 Å². The topological polar surface area (TPSA) is 86.3 Å². The summed E-state index contributed by atoms with van der Waals surface area (Å²) in [6.07, 6.45) is 6.99. The maximum absolute atomic E-state index is 4.55. The predicted molar refractivity (Wildman–Crippen MR) is 74.6 cm³/mol. The van der Waals surface area contributed by atoms with Crippen molar-refractivity contribution >= 4 is 17.0 Å². The minimum Gasteiger partial charge on any atom is -0.368 e. The molecule has 0 unspecified atom stereocenters.